The number of carbonyl (C=O) groups excluding carboxylic acids is 1. The number of anilines is 2. The van der Waals surface area contributed by atoms with Crippen molar-refractivity contribution in [2.75, 3.05) is 10.0 Å². The van der Waals surface area contributed by atoms with Crippen LogP contribution in [0.3, 0.4) is 0 Å². The minimum Gasteiger partial charge on any atom is -0.323 e. The van der Waals surface area contributed by atoms with Gasteiger partial charge in [0, 0.05) is 29.2 Å². The monoisotopic (exact) mass is 414 g/mol. The van der Waals surface area contributed by atoms with Gasteiger partial charge in [0.25, 0.3) is 10.0 Å². The molecule has 1 heterocycles. The van der Waals surface area contributed by atoms with E-state index in [1.807, 2.05) is 0 Å². The van der Waals surface area contributed by atoms with Crippen LogP contribution in [0.2, 0.25) is 5.02 Å². The van der Waals surface area contributed by atoms with Crippen LogP contribution in [-0.2, 0) is 14.8 Å². The van der Waals surface area contributed by atoms with Crippen LogP contribution in [0.25, 0.3) is 6.08 Å². The zero-order chi connectivity index (χ0) is 20.0. The molecule has 2 N–H and O–H groups in total. The Labute approximate surface area is 167 Å². The average Bonchev–Trinajstić information content (AvgIpc) is 2.68. The third-order valence-electron chi connectivity index (χ3n) is 3.52. The van der Waals surface area contributed by atoms with Gasteiger partial charge < -0.3 is 5.32 Å². The largest absolute Gasteiger partial charge is 0.323 e. The molecular formula is C19H15ClN4O3S. The number of hydrogen-bond donors (Lipinski definition) is 2. The highest BCUT2D eigenvalue weighted by Gasteiger charge is 2.15. The van der Waals surface area contributed by atoms with E-state index in [0.717, 1.165) is 5.56 Å². The molecule has 0 bridgehead atoms. The van der Waals surface area contributed by atoms with Crippen molar-refractivity contribution in [1.82, 2.24) is 9.97 Å². The summed E-state index contributed by atoms with van der Waals surface area (Å²) in [6.45, 7) is 0. The maximum absolute atomic E-state index is 12.3. The standard InChI is InChI=1S/C19H15ClN4O3S/c20-15-5-2-14(3-6-15)4-11-18(25)23-16-7-9-17(10-8-16)28(26,27)24-19-21-12-1-13-22-19/h1-13H,(H,23,25)(H,21,22,24)/b11-4+. The summed E-state index contributed by atoms with van der Waals surface area (Å²) in [6, 6.07) is 14.4. The molecular weight excluding hydrogens is 400 g/mol. The number of aromatic nitrogens is 2. The quantitative estimate of drug-likeness (QED) is 0.600. The van der Waals surface area contributed by atoms with E-state index in [1.165, 1.54) is 42.7 Å². The van der Waals surface area contributed by atoms with Crippen molar-refractivity contribution in [2.24, 2.45) is 0 Å². The molecule has 0 aliphatic rings. The molecule has 0 unspecified atom stereocenters. The fourth-order valence-corrected chi connectivity index (χ4v) is 3.26. The van der Waals surface area contributed by atoms with E-state index in [-0.39, 0.29) is 16.8 Å². The van der Waals surface area contributed by atoms with E-state index in [0.29, 0.717) is 10.7 Å². The summed E-state index contributed by atoms with van der Waals surface area (Å²) in [5.41, 5.74) is 1.29. The summed E-state index contributed by atoms with van der Waals surface area (Å²) in [5.74, 6) is -0.367. The van der Waals surface area contributed by atoms with Gasteiger partial charge in [-0.2, -0.15) is 0 Å². The highest BCUT2D eigenvalue weighted by molar-refractivity contribution is 7.92. The lowest BCUT2D eigenvalue weighted by Crippen LogP contribution is -2.15. The smallest absolute Gasteiger partial charge is 0.264 e. The van der Waals surface area contributed by atoms with Gasteiger partial charge in [0.15, 0.2) is 0 Å². The van der Waals surface area contributed by atoms with Crippen molar-refractivity contribution < 1.29 is 13.2 Å². The van der Waals surface area contributed by atoms with Gasteiger partial charge in [-0.25, -0.2) is 23.1 Å². The van der Waals surface area contributed by atoms with Gasteiger partial charge in [-0.1, -0.05) is 23.7 Å². The van der Waals surface area contributed by atoms with Crippen LogP contribution in [0, 0.1) is 0 Å². The summed E-state index contributed by atoms with van der Waals surface area (Å²) in [5, 5.41) is 3.28. The molecule has 28 heavy (non-hydrogen) atoms. The van der Waals surface area contributed by atoms with E-state index in [4.69, 9.17) is 11.6 Å². The molecule has 3 aromatic rings. The number of rotatable bonds is 6. The van der Waals surface area contributed by atoms with Crippen LogP contribution in [0.5, 0.6) is 0 Å². The molecule has 1 amide bonds. The zero-order valence-corrected chi connectivity index (χ0v) is 16.0. The van der Waals surface area contributed by atoms with Gasteiger partial charge in [-0.05, 0) is 54.1 Å². The molecule has 2 aromatic carbocycles. The summed E-state index contributed by atoms with van der Waals surface area (Å²) >= 11 is 5.81. The minimum atomic E-state index is -3.82. The van der Waals surface area contributed by atoms with Crippen molar-refractivity contribution in [2.45, 2.75) is 4.90 Å². The molecule has 7 nitrogen and oxygen atoms in total. The molecule has 3 rings (SSSR count). The molecule has 1 aromatic heterocycles. The number of hydrogen-bond acceptors (Lipinski definition) is 5. The maximum atomic E-state index is 12.3. The lowest BCUT2D eigenvalue weighted by atomic mass is 10.2. The van der Waals surface area contributed by atoms with Crippen molar-refractivity contribution in [3.63, 3.8) is 0 Å². The van der Waals surface area contributed by atoms with Gasteiger partial charge >= 0.3 is 0 Å². The first-order valence-corrected chi connectivity index (χ1v) is 9.93. The van der Waals surface area contributed by atoms with Crippen LogP contribution >= 0.6 is 11.6 Å². The number of nitrogens with zero attached hydrogens (tertiary/aromatic N) is 2. The SMILES string of the molecule is O=C(/C=C/c1ccc(Cl)cc1)Nc1ccc(S(=O)(=O)Nc2ncccn2)cc1. The Bertz CT molecular complexity index is 1080. The van der Waals surface area contributed by atoms with Crippen molar-refractivity contribution in [3.05, 3.63) is 83.7 Å². The summed E-state index contributed by atoms with van der Waals surface area (Å²) in [7, 11) is -3.82. The summed E-state index contributed by atoms with van der Waals surface area (Å²) in [6.07, 6.45) is 5.89. The Morgan fingerprint density at radius 2 is 1.61 bits per heavy atom. The second-order valence-electron chi connectivity index (χ2n) is 5.58. The molecule has 0 fully saturated rings. The van der Waals surface area contributed by atoms with E-state index in [9.17, 15) is 13.2 Å². The fraction of sp³-hybridized carbons (Fsp3) is 0. The van der Waals surface area contributed by atoms with Crippen LogP contribution < -0.4 is 10.0 Å². The minimum absolute atomic E-state index is 0.0211. The van der Waals surface area contributed by atoms with Crippen LogP contribution in [0.15, 0.2) is 78.0 Å². The van der Waals surface area contributed by atoms with Crippen LogP contribution in [-0.4, -0.2) is 24.3 Å². The second-order valence-corrected chi connectivity index (χ2v) is 7.70. The number of carbonyl (C=O) groups is 1. The zero-order valence-electron chi connectivity index (χ0n) is 14.4. The van der Waals surface area contributed by atoms with Crippen molar-refractivity contribution in [3.8, 4) is 0 Å². The normalized spacial score (nSPS) is 11.3. The maximum Gasteiger partial charge on any atom is 0.264 e. The Balaban J connectivity index is 1.63. The molecule has 0 radical (unpaired) electrons. The first-order valence-electron chi connectivity index (χ1n) is 8.07. The van der Waals surface area contributed by atoms with Gasteiger partial charge in [0.05, 0.1) is 4.90 Å². The average molecular weight is 415 g/mol. The van der Waals surface area contributed by atoms with E-state index >= 15 is 0 Å². The van der Waals surface area contributed by atoms with Crippen molar-refractivity contribution in [1.29, 1.82) is 0 Å². The first-order chi connectivity index (χ1) is 13.4. The number of nitrogens with one attached hydrogen (secondary N) is 2. The number of sulfonamides is 1. The predicted molar refractivity (Wildman–Crippen MR) is 108 cm³/mol. The van der Waals surface area contributed by atoms with Crippen LogP contribution in [0.1, 0.15) is 5.56 Å². The lowest BCUT2D eigenvalue weighted by molar-refractivity contribution is -0.111. The van der Waals surface area contributed by atoms with E-state index < -0.39 is 10.0 Å². The molecule has 0 atom stereocenters. The number of amides is 1. The predicted octanol–water partition coefficient (Wildman–Crippen LogP) is 3.58. The lowest BCUT2D eigenvalue weighted by Gasteiger charge is -2.07. The molecule has 142 valence electrons. The second kappa shape index (κ2) is 8.64. The van der Waals surface area contributed by atoms with Crippen molar-refractivity contribution >= 4 is 45.2 Å². The molecule has 0 spiro atoms. The third-order valence-corrected chi connectivity index (χ3v) is 5.12. The Kier molecular flexibility index (Phi) is 6.03. The van der Waals surface area contributed by atoms with E-state index in [1.54, 1.807) is 36.4 Å². The summed E-state index contributed by atoms with van der Waals surface area (Å²) in [4.78, 5) is 19.7. The van der Waals surface area contributed by atoms with Gasteiger partial charge in [0.2, 0.25) is 11.9 Å². The van der Waals surface area contributed by atoms with Gasteiger partial charge in [0.1, 0.15) is 0 Å². The molecule has 9 heteroatoms. The molecule has 0 saturated carbocycles. The van der Waals surface area contributed by atoms with Gasteiger partial charge in [-0.15, -0.1) is 0 Å². The van der Waals surface area contributed by atoms with E-state index in [2.05, 4.69) is 20.0 Å². The molecule has 0 aliphatic heterocycles. The Hall–Kier alpha value is -3.23. The van der Waals surface area contributed by atoms with Gasteiger partial charge in [-0.3, -0.25) is 4.79 Å². The highest BCUT2D eigenvalue weighted by Crippen LogP contribution is 2.16. The number of halogens is 1. The first kappa shape index (κ1) is 19.5. The Morgan fingerprint density at radius 3 is 2.25 bits per heavy atom. The third kappa shape index (κ3) is 5.38. The molecule has 0 saturated heterocycles. The molecule has 0 aliphatic carbocycles. The topological polar surface area (TPSA) is 101 Å². The fourth-order valence-electron chi connectivity index (χ4n) is 2.18. The Morgan fingerprint density at radius 1 is 0.964 bits per heavy atom. The van der Waals surface area contributed by atoms with Crippen LogP contribution in [0.4, 0.5) is 11.6 Å². The highest BCUT2D eigenvalue weighted by atomic mass is 35.5. The summed E-state index contributed by atoms with van der Waals surface area (Å²) < 4.78 is 26.9. The number of benzene rings is 2.